The van der Waals surface area contributed by atoms with E-state index in [4.69, 9.17) is 11.6 Å². The van der Waals surface area contributed by atoms with Crippen LogP contribution in [0.1, 0.15) is 18.4 Å². The molecule has 2 N–H and O–H groups in total. The number of amides is 2. The number of methoxy groups -OCH3 is 1. The van der Waals surface area contributed by atoms with Gasteiger partial charge in [-0.1, -0.05) is 23.7 Å². The summed E-state index contributed by atoms with van der Waals surface area (Å²) in [5.41, 5.74) is 0.491. The number of nitrogens with one attached hydrogen (secondary N) is 1. The van der Waals surface area contributed by atoms with Crippen LogP contribution < -0.4 is 5.32 Å². The van der Waals surface area contributed by atoms with Gasteiger partial charge in [0, 0.05) is 31.2 Å². The molecule has 9 heteroatoms. The zero-order valence-corrected chi connectivity index (χ0v) is 16.1. The summed E-state index contributed by atoms with van der Waals surface area (Å²) in [6.45, 7) is 0.0920. The Hall–Kier alpha value is -1.51. The van der Waals surface area contributed by atoms with E-state index in [1.807, 2.05) is 0 Å². The summed E-state index contributed by atoms with van der Waals surface area (Å²) in [4.78, 5) is 25.3. The first-order valence-corrected chi connectivity index (χ1v) is 9.47. The zero-order chi connectivity index (χ0) is 19.3. The highest BCUT2D eigenvalue weighted by molar-refractivity contribution is 8.01. The SMILES string of the molecule is COC(=O)CC[C@H]1C(CO)SC1N(C)C(=O)NCc1cccc(F)c1Cl. The molecule has 0 aliphatic carbocycles. The maximum absolute atomic E-state index is 13.4. The molecule has 1 saturated heterocycles. The normalized spacial score (nSPS) is 21.7. The highest BCUT2D eigenvalue weighted by Gasteiger charge is 2.45. The molecule has 1 aliphatic heterocycles. The molecule has 3 atom stereocenters. The minimum Gasteiger partial charge on any atom is -0.469 e. The quantitative estimate of drug-likeness (QED) is 0.683. The molecular weight excluding hydrogens is 383 g/mol. The predicted molar refractivity (Wildman–Crippen MR) is 98.4 cm³/mol. The van der Waals surface area contributed by atoms with Crippen LogP contribution in [0, 0.1) is 11.7 Å². The number of halogens is 2. The largest absolute Gasteiger partial charge is 0.469 e. The van der Waals surface area contributed by atoms with Crippen molar-refractivity contribution in [2.24, 2.45) is 5.92 Å². The first kappa shape index (κ1) is 20.8. The number of carbonyl (C=O) groups excluding carboxylic acids is 2. The van der Waals surface area contributed by atoms with Gasteiger partial charge in [-0.3, -0.25) is 4.79 Å². The number of hydrogen-bond donors (Lipinski definition) is 2. The molecule has 1 aliphatic rings. The second-order valence-corrected chi connectivity index (χ2v) is 7.75. The van der Waals surface area contributed by atoms with Crippen molar-refractivity contribution in [2.45, 2.75) is 30.0 Å². The fourth-order valence-electron chi connectivity index (χ4n) is 2.84. The molecule has 2 rings (SSSR count). The highest BCUT2D eigenvalue weighted by Crippen LogP contribution is 2.46. The zero-order valence-electron chi connectivity index (χ0n) is 14.6. The third-order valence-corrected chi connectivity index (χ3v) is 6.63. The van der Waals surface area contributed by atoms with Crippen LogP contribution in [0.2, 0.25) is 5.02 Å². The van der Waals surface area contributed by atoms with Gasteiger partial charge in [0.25, 0.3) is 0 Å². The van der Waals surface area contributed by atoms with Crippen LogP contribution in [0.15, 0.2) is 18.2 Å². The number of carbonyl (C=O) groups is 2. The molecule has 144 valence electrons. The monoisotopic (exact) mass is 404 g/mol. The van der Waals surface area contributed by atoms with Gasteiger partial charge in [0.15, 0.2) is 0 Å². The molecule has 0 saturated carbocycles. The van der Waals surface area contributed by atoms with E-state index < -0.39 is 5.82 Å². The average Bonchev–Trinajstić information content (AvgIpc) is 2.61. The van der Waals surface area contributed by atoms with E-state index in [9.17, 15) is 19.1 Å². The summed E-state index contributed by atoms with van der Waals surface area (Å²) in [6.07, 6.45) is 0.770. The van der Waals surface area contributed by atoms with Crippen molar-refractivity contribution in [1.82, 2.24) is 10.2 Å². The van der Waals surface area contributed by atoms with Gasteiger partial charge < -0.3 is 20.1 Å². The van der Waals surface area contributed by atoms with E-state index in [1.165, 1.54) is 35.9 Å². The standard InChI is InChI=1S/C17H22ClFN2O4S/c1-21(16-11(13(9-22)26-16)6-7-14(23)25-2)17(24)20-8-10-4-3-5-12(19)15(10)18/h3-5,11,13,16,22H,6-9H2,1-2H3,(H,20,24)/t11-,13?,16?/m0/s1. The summed E-state index contributed by atoms with van der Waals surface area (Å²) >= 11 is 7.37. The van der Waals surface area contributed by atoms with Gasteiger partial charge >= 0.3 is 12.0 Å². The van der Waals surface area contributed by atoms with Gasteiger partial charge in [-0.05, 0) is 18.1 Å². The second-order valence-electron chi connectivity index (χ2n) is 6.01. The van der Waals surface area contributed by atoms with Crippen molar-refractivity contribution >= 4 is 35.4 Å². The fraction of sp³-hybridized carbons (Fsp3) is 0.529. The summed E-state index contributed by atoms with van der Waals surface area (Å²) in [5.74, 6) is -0.849. The van der Waals surface area contributed by atoms with Gasteiger partial charge in [0.1, 0.15) is 5.82 Å². The van der Waals surface area contributed by atoms with Crippen LogP contribution in [-0.4, -0.2) is 53.4 Å². The molecule has 0 radical (unpaired) electrons. The molecule has 0 aromatic heterocycles. The van der Waals surface area contributed by atoms with Crippen molar-refractivity contribution in [3.8, 4) is 0 Å². The van der Waals surface area contributed by atoms with E-state index >= 15 is 0 Å². The van der Waals surface area contributed by atoms with Crippen LogP contribution in [0.4, 0.5) is 9.18 Å². The number of ether oxygens (including phenoxy) is 1. The number of thioether (sulfide) groups is 1. The van der Waals surface area contributed by atoms with Crippen molar-refractivity contribution < 1.29 is 23.8 Å². The van der Waals surface area contributed by atoms with Gasteiger partial charge in [0.05, 0.1) is 24.1 Å². The van der Waals surface area contributed by atoms with E-state index in [-0.39, 0.29) is 53.1 Å². The third-order valence-electron chi connectivity index (χ3n) is 4.41. The van der Waals surface area contributed by atoms with Crippen LogP contribution in [-0.2, 0) is 16.1 Å². The van der Waals surface area contributed by atoms with Crippen molar-refractivity contribution in [3.05, 3.63) is 34.6 Å². The molecule has 2 unspecified atom stereocenters. The number of esters is 1. The maximum Gasteiger partial charge on any atom is 0.318 e. The Bertz CT molecular complexity index is 664. The first-order chi connectivity index (χ1) is 12.4. The summed E-state index contributed by atoms with van der Waals surface area (Å²) in [7, 11) is 2.98. The maximum atomic E-state index is 13.4. The Labute approximate surface area is 161 Å². The number of aliphatic hydroxyl groups excluding tert-OH is 1. The number of hydrogen-bond acceptors (Lipinski definition) is 5. The van der Waals surface area contributed by atoms with E-state index in [0.29, 0.717) is 12.0 Å². The van der Waals surface area contributed by atoms with Gasteiger partial charge in [-0.2, -0.15) is 0 Å². The Morgan fingerprint density at radius 3 is 2.85 bits per heavy atom. The molecule has 0 spiro atoms. The number of rotatable bonds is 7. The summed E-state index contributed by atoms with van der Waals surface area (Å²) < 4.78 is 18.1. The average molecular weight is 405 g/mol. The van der Waals surface area contributed by atoms with Gasteiger partial charge in [-0.25, -0.2) is 9.18 Å². The van der Waals surface area contributed by atoms with Crippen molar-refractivity contribution in [2.75, 3.05) is 20.8 Å². The molecule has 26 heavy (non-hydrogen) atoms. The van der Waals surface area contributed by atoms with Crippen LogP contribution in [0.25, 0.3) is 0 Å². The first-order valence-electron chi connectivity index (χ1n) is 8.15. The van der Waals surface area contributed by atoms with Crippen LogP contribution in [0.3, 0.4) is 0 Å². The number of urea groups is 1. The minimum atomic E-state index is -0.532. The lowest BCUT2D eigenvalue weighted by Gasteiger charge is -2.47. The van der Waals surface area contributed by atoms with E-state index in [2.05, 4.69) is 10.1 Å². The third kappa shape index (κ3) is 4.81. The highest BCUT2D eigenvalue weighted by atomic mass is 35.5. The van der Waals surface area contributed by atoms with Crippen molar-refractivity contribution in [1.29, 1.82) is 0 Å². The number of aliphatic hydroxyl groups is 1. The topological polar surface area (TPSA) is 78.9 Å². The lowest BCUT2D eigenvalue weighted by atomic mass is 9.97. The molecule has 1 fully saturated rings. The lowest BCUT2D eigenvalue weighted by Crippen LogP contribution is -2.55. The van der Waals surface area contributed by atoms with E-state index in [1.54, 1.807) is 13.1 Å². The molecule has 1 aromatic carbocycles. The summed E-state index contributed by atoms with van der Waals surface area (Å²) in [5, 5.41) is 12.0. The number of nitrogens with zero attached hydrogens (tertiary/aromatic N) is 1. The fourth-order valence-corrected chi connectivity index (χ4v) is 4.50. The lowest BCUT2D eigenvalue weighted by molar-refractivity contribution is -0.141. The Kier molecular flexibility index (Phi) is 7.55. The van der Waals surface area contributed by atoms with Crippen LogP contribution >= 0.6 is 23.4 Å². The van der Waals surface area contributed by atoms with Gasteiger partial charge in [0.2, 0.25) is 0 Å². The second kappa shape index (κ2) is 9.43. The molecular formula is C17H22ClFN2O4S. The van der Waals surface area contributed by atoms with E-state index in [0.717, 1.165) is 0 Å². The Morgan fingerprint density at radius 2 is 2.19 bits per heavy atom. The molecule has 2 amide bonds. The van der Waals surface area contributed by atoms with Gasteiger partial charge in [-0.15, -0.1) is 11.8 Å². The Morgan fingerprint density at radius 1 is 1.46 bits per heavy atom. The van der Waals surface area contributed by atoms with Crippen molar-refractivity contribution in [3.63, 3.8) is 0 Å². The molecule has 1 heterocycles. The number of benzene rings is 1. The van der Waals surface area contributed by atoms with Crippen LogP contribution in [0.5, 0.6) is 0 Å². The smallest absolute Gasteiger partial charge is 0.318 e. The summed E-state index contributed by atoms with van der Waals surface area (Å²) in [6, 6.07) is 4.10. The minimum absolute atomic E-state index is 0.00222. The molecule has 0 bridgehead atoms. The molecule has 1 aromatic rings. The molecule has 6 nitrogen and oxygen atoms in total. The predicted octanol–water partition coefficient (Wildman–Crippen LogP) is 2.62. The Balaban J connectivity index is 1.91.